The van der Waals surface area contributed by atoms with Crippen molar-refractivity contribution in [1.29, 1.82) is 0 Å². The lowest BCUT2D eigenvalue weighted by molar-refractivity contribution is -0.153. The standard InChI is InChI=1S/C12H20N2O4/c1-11(3-2-6-13-11)9(15)14-12(10(16)17)4-7-18-8-5-12/h13H,2-8H2,1H3,(H,14,15)(H,16,17). The van der Waals surface area contributed by atoms with Gasteiger partial charge in [0, 0.05) is 26.1 Å². The minimum absolute atomic E-state index is 0.218. The van der Waals surface area contributed by atoms with Crippen LogP contribution in [0, 0.1) is 0 Å². The van der Waals surface area contributed by atoms with Crippen LogP contribution in [0.3, 0.4) is 0 Å². The molecule has 1 atom stereocenters. The van der Waals surface area contributed by atoms with Gasteiger partial charge in [0.25, 0.3) is 0 Å². The molecule has 102 valence electrons. The van der Waals surface area contributed by atoms with Gasteiger partial charge in [0.05, 0.1) is 5.54 Å². The van der Waals surface area contributed by atoms with E-state index in [4.69, 9.17) is 4.74 Å². The molecule has 1 unspecified atom stereocenters. The Hall–Kier alpha value is -1.14. The molecule has 1 amide bonds. The highest BCUT2D eigenvalue weighted by Crippen LogP contribution is 2.25. The SMILES string of the molecule is CC1(C(=O)NC2(C(=O)O)CCOCC2)CCCN1. The normalized spacial score (nSPS) is 30.9. The van der Waals surface area contributed by atoms with E-state index in [-0.39, 0.29) is 5.91 Å². The Labute approximate surface area is 106 Å². The molecule has 2 fully saturated rings. The van der Waals surface area contributed by atoms with Crippen LogP contribution in [0.15, 0.2) is 0 Å². The number of nitrogens with one attached hydrogen (secondary N) is 2. The summed E-state index contributed by atoms with van der Waals surface area (Å²) in [7, 11) is 0. The smallest absolute Gasteiger partial charge is 0.329 e. The highest BCUT2D eigenvalue weighted by atomic mass is 16.5. The van der Waals surface area contributed by atoms with Gasteiger partial charge in [0.2, 0.25) is 5.91 Å². The maximum Gasteiger partial charge on any atom is 0.329 e. The van der Waals surface area contributed by atoms with Crippen molar-refractivity contribution < 1.29 is 19.4 Å². The van der Waals surface area contributed by atoms with Crippen LogP contribution >= 0.6 is 0 Å². The Morgan fingerprint density at radius 3 is 2.44 bits per heavy atom. The first-order valence-electron chi connectivity index (χ1n) is 6.37. The largest absolute Gasteiger partial charge is 0.480 e. The first-order chi connectivity index (χ1) is 8.49. The number of carboxylic acids is 1. The van der Waals surface area contributed by atoms with Gasteiger partial charge in [-0.2, -0.15) is 0 Å². The Bertz CT molecular complexity index is 344. The lowest BCUT2D eigenvalue weighted by Gasteiger charge is -2.36. The second-order valence-corrected chi connectivity index (χ2v) is 5.32. The molecule has 2 aliphatic rings. The summed E-state index contributed by atoms with van der Waals surface area (Å²) in [5.74, 6) is -1.19. The van der Waals surface area contributed by atoms with Gasteiger partial charge in [-0.25, -0.2) is 4.79 Å². The van der Waals surface area contributed by atoms with Gasteiger partial charge >= 0.3 is 5.97 Å². The third-order valence-electron chi connectivity index (χ3n) is 3.98. The van der Waals surface area contributed by atoms with Gasteiger partial charge in [-0.05, 0) is 26.3 Å². The Kier molecular flexibility index (Phi) is 3.59. The minimum atomic E-state index is -1.16. The molecule has 0 aromatic carbocycles. The van der Waals surface area contributed by atoms with Gasteiger partial charge in [0.1, 0.15) is 5.54 Å². The van der Waals surface area contributed by atoms with E-state index in [9.17, 15) is 14.7 Å². The fourth-order valence-electron chi connectivity index (χ4n) is 2.56. The topological polar surface area (TPSA) is 87.7 Å². The fraction of sp³-hybridized carbons (Fsp3) is 0.833. The monoisotopic (exact) mass is 256 g/mol. The number of ether oxygens (including phenoxy) is 1. The first-order valence-corrected chi connectivity index (χ1v) is 6.37. The average molecular weight is 256 g/mol. The lowest BCUT2D eigenvalue weighted by atomic mass is 9.88. The predicted molar refractivity (Wildman–Crippen MR) is 64.2 cm³/mol. The summed E-state index contributed by atoms with van der Waals surface area (Å²) in [4.78, 5) is 23.7. The zero-order valence-corrected chi connectivity index (χ0v) is 10.6. The van der Waals surface area contributed by atoms with Crippen molar-refractivity contribution in [2.24, 2.45) is 0 Å². The van der Waals surface area contributed by atoms with Crippen molar-refractivity contribution in [1.82, 2.24) is 10.6 Å². The van der Waals surface area contributed by atoms with E-state index >= 15 is 0 Å². The highest BCUT2D eigenvalue weighted by Gasteiger charge is 2.46. The fourth-order valence-corrected chi connectivity index (χ4v) is 2.56. The van der Waals surface area contributed by atoms with Crippen molar-refractivity contribution in [3.05, 3.63) is 0 Å². The van der Waals surface area contributed by atoms with Crippen LogP contribution in [0.4, 0.5) is 0 Å². The van der Waals surface area contributed by atoms with Gasteiger partial charge in [-0.15, -0.1) is 0 Å². The molecule has 0 aromatic heterocycles. The van der Waals surface area contributed by atoms with Crippen LogP contribution in [0.1, 0.15) is 32.6 Å². The van der Waals surface area contributed by atoms with E-state index in [1.807, 2.05) is 6.92 Å². The molecule has 0 aliphatic carbocycles. The van der Waals surface area contributed by atoms with Crippen molar-refractivity contribution in [3.63, 3.8) is 0 Å². The maximum atomic E-state index is 12.3. The summed E-state index contributed by atoms with van der Waals surface area (Å²) in [6.07, 6.45) is 2.33. The Morgan fingerprint density at radius 1 is 1.28 bits per heavy atom. The molecule has 0 radical (unpaired) electrons. The quantitative estimate of drug-likeness (QED) is 0.655. The summed E-state index contributed by atoms with van der Waals surface area (Å²) in [6, 6.07) is 0. The first kappa shape index (κ1) is 13.3. The summed E-state index contributed by atoms with van der Waals surface area (Å²) < 4.78 is 5.18. The van der Waals surface area contributed by atoms with Gasteiger partial charge in [-0.1, -0.05) is 0 Å². The lowest BCUT2D eigenvalue weighted by Crippen LogP contribution is -2.63. The second kappa shape index (κ2) is 4.85. The van der Waals surface area contributed by atoms with Gasteiger partial charge < -0.3 is 20.5 Å². The van der Waals surface area contributed by atoms with E-state index in [0.29, 0.717) is 26.1 Å². The van der Waals surface area contributed by atoms with E-state index < -0.39 is 17.0 Å². The van der Waals surface area contributed by atoms with Crippen LogP contribution < -0.4 is 10.6 Å². The zero-order chi connectivity index (χ0) is 13.2. The number of carboxylic acid groups (broad SMARTS) is 1. The number of carbonyl (C=O) groups excluding carboxylic acids is 1. The molecule has 0 aromatic rings. The molecule has 0 spiro atoms. The van der Waals surface area contributed by atoms with Crippen molar-refractivity contribution in [3.8, 4) is 0 Å². The molecular formula is C12H20N2O4. The summed E-state index contributed by atoms with van der Waals surface area (Å²) in [5.41, 5.74) is -1.80. The number of rotatable bonds is 3. The van der Waals surface area contributed by atoms with Crippen LogP contribution in [-0.2, 0) is 14.3 Å². The number of aliphatic carboxylic acids is 1. The molecule has 6 nitrogen and oxygen atoms in total. The maximum absolute atomic E-state index is 12.3. The zero-order valence-electron chi connectivity index (χ0n) is 10.6. The predicted octanol–water partition coefficient (Wildman–Crippen LogP) is -0.122. The van der Waals surface area contributed by atoms with Crippen LogP contribution in [-0.4, -0.2) is 47.8 Å². The Balaban J connectivity index is 2.09. The second-order valence-electron chi connectivity index (χ2n) is 5.32. The van der Waals surface area contributed by atoms with Crippen molar-refractivity contribution in [2.45, 2.75) is 43.7 Å². The van der Waals surface area contributed by atoms with Crippen molar-refractivity contribution >= 4 is 11.9 Å². The minimum Gasteiger partial charge on any atom is -0.480 e. The van der Waals surface area contributed by atoms with Crippen molar-refractivity contribution in [2.75, 3.05) is 19.8 Å². The summed E-state index contributed by atoms with van der Waals surface area (Å²) in [6.45, 7) is 3.37. The Morgan fingerprint density at radius 2 is 1.94 bits per heavy atom. The van der Waals surface area contributed by atoms with E-state index in [1.54, 1.807) is 0 Å². The summed E-state index contributed by atoms with van der Waals surface area (Å²) >= 11 is 0. The third-order valence-corrected chi connectivity index (χ3v) is 3.98. The van der Waals surface area contributed by atoms with E-state index in [0.717, 1.165) is 19.4 Å². The highest BCUT2D eigenvalue weighted by molar-refractivity contribution is 5.92. The molecular weight excluding hydrogens is 236 g/mol. The molecule has 6 heteroatoms. The molecule has 0 saturated carbocycles. The van der Waals surface area contributed by atoms with Crippen LogP contribution in [0.5, 0.6) is 0 Å². The molecule has 2 aliphatic heterocycles. The molecule has 18 heavy (non-hydrogen) atoms. The molecule has 2 heterocycles. The molecule has 3 N–H and O–H groups in total. The van der Waals surface area contributed by atoms with E-state index in [1.165, 1.54) is 0 Å². The van der Waals surface area contributed by atoms with Crippen LogP contribution in [0.25, 0.3) is 0 Å². The molecule has 2 rings (SSSR count). The summed E-state index contributed by atoms with van der Waals surface area (Å²) in [5, 5.41) is 15.2. The molecule has 2 saturated heterocycles. The average Bonchev–Trinajstić information content (AvgIpc) is 2.78. The number of hydrogen-bond acceptors (Lipinski definition) is 4. The van der Waals surface area contributed by atoms with Gasteiger partial charge in [-0.3, -0.25) is 4.79 Å². The van der Waals surface area contributed by atoms with E-state index in [2.05, 4.69) is 10.6 Å². The molecule has 0 bridgehead atoms. The number of hydrogen-bond donors (Lipinski definition) is 3. The number of carbonyl (C=O) groups is 2. The number of amides is 1. The van der Waals surface area contributed by atoms with Gasteiger partial charge in [0.15, 0.2) is 0 Å². The third kappa shape index (κ3) is 2.35. The van der Waals surface area contributed by atoms with Crippen LogP contribution in [0.2, 0.25) is 0 Å².